The minimum Gasteiger partial charge on any atom is -0.388 e. The van der Waals surface area contributed by atoms with E-state index in [1.165, 1.54) is 12.8 Å². The molecule has 2 rings (SSSR count). The minimum absolute atomic E-state index is 0.398. The molecular weight excluding hydrogens is 220 g/mol. The van der Waals surface area contributed by atoms with Crippen molar-refractivity contribution >= 4 is 16.5 Å². The van der Waals surface area contributed by atoms with Gasteiger partial charge in [0.25, 0.3) is 0 Å². The lowest BCUT2D eigenvalue weighted by Gasteiger charge is -2.36. The number of nitrogens with zero attached hydrogens (tertiary/aromatic N) is 2. The van der Waals surface area contributed by atoms with E-state index in [4.69, 9.17) is 0 Å². The van der Waals surface area contributed by atoms with Crippen LogP contribution in [0, 0.1) is 5.92 Å². The fourth-order valence-electron chi connectivity index (χ4n) is 2.29. The Balaban J connectivity index is 2.11. The van der Waals surface area contributed by atoms with Crippen molar-refractivity contribution in [1.82, 2.24) is 4.98 Å². The number of piperidine rings is 1. The molecule has 0 aromatic carbocycles. The normalized spacial score (nSPS) is 28.1. The molecule has 0 saturated carbocycles. The van der Waals surface area contributed by atoms with Gasteiger partial charge in [-0.3, -0.25) is 0 Å². The van der Waals surface area contributed by atoms with Gasteiger partial charge < -0.3 is 10.0 Å². The molecule has 4 heteroatoms. The molecule has 1 saturated heterocycles. The van der Waals surface area contributed by atoms with Gasteiger partial charge in [0.15, 0.2) is 5.13 Å². The Bertz CT molecular complexity index is 351. The summed E-state index contributed by atoms with van der Waals surface area (Å²) in [5.41, 5.74) is 0. The van der Waals surface area contributed by atoms with E-state index in [0.29, 0.717) is 6.04 Å². The van der Waals surface area contributed by atoms with Gasteiger partial charge in [0.1, 0.15) is 0 Å². The van der Waals surface area contributed by atoms with Gasteiger partial charge in [0.05, 0.1) is 11.0 Å². The van der Waals surface area contributed by atoms with Gasteiger partial charge in [-0.1, -0.05) is 18.3 Å². The number of anilines is 1. The number of aliphatic hydroxyl groups is 1. The molecule has 3 atom stereocenters. The SMILES string of the molecule is CC1CCN(c2ncc(C(C)O)s2)C(C)C1. The third-order valence-electron chi connectivity index (χ3n) is 3.31. The molecule has 1 aliphatic rings. The van der Waals surface area contributed by atoms with E-state index in [1.54, 1.807) is 24.5 Å². The zero-order valence-corrected chi connectivity index (χ0v) is 11.0. The van der Waals surface area contributed by atoms with Crippen molar-refractivity contribution in [2.75, 3.05) is 11.4 Å². The maximum atomic E-state index is 9.50. The van der Waals surface area contributed by atoms with Crippen molar-refractivity contribution in [2.45, 2.75) is 45.8 Å². The van der Waals surface area contributed by atoms with E-state index < -0.39 is 6.10 Å². The topological polar surface area (TPSA) is 36.4 Å². The second-order valence-electron chi connectivity index (χ2n) is 4.89. The molecule has 0 bridgehead atoms. The molecule has 0 aliphatic carbocycles. The lowest BCUT2D eigenvalue weighted by molar-refractivity contribution is 0.203. The first kappa shape index (κ1) is 11.9. The molecule has 1 N–H and O–H groups in total. The minimum atomic E-state index is -0.398. The van der Waals surface area contributed by atoms with Crippen LogP contribution in [0.25, 0.3) is 0 Å². The molecule has 0 spiro atoms. The summed E-state index contributed by atoms with van der Waals surface area (Å²) in [6, 6.07) is 0.566. The summed E-state index contributed by atoms with van der Waals surface area (Å²) in [7, 11) is 0. The van der Waals surface area contributed by atoms with Crippen molar-refractivity contribution < 1.29 is 5.11 Å². The van der Waals surface area contributed by atoms with Gasteiger partial charge in [-0.15, -0.1) is 0 Å². The molecule has 3 unspecified atom stereocenters. The number of rotatable bonds is 2. The Labute approximate surface area is 101 Å². The highest BCUT2D eigenvalue weighted by Gasteiger charge is 2.25. The maximum Gasteiger partial charge on any atom is 0.185 e. The summed E-state index contributed by atoms with van der Waals surface area (Å²) < 4.78 is 0. The lowest BCUT2D eigenvalue weighted by atomic mass is 9.94. The molecule has 90 valence electrons. The van der Waals surface area contributed by atoms with Crippen molar-refractivity contribution in [3.63, 3.8) is 0 Å². The number of hydrogen-bond acceptors (Lipinski definition) is 4. The Hall–Kier alpha value is -0.610. The van der Waals surface area contributed by atoms with Gasteiger partial charge in [-0.05, 0) is 32.6 Å². The zero-order chi connectivity index (χ0) is 11.7. The van der Waals surface area contributed by atoms with Crippen LogP contribution in [-0.2, 0) is 0 Å². The third kappa shape index (κ3) is 2.38. The van der Waals surface area contributed by atoms with E-state index >= 15 is 0 Å². The van der Waals surface area contributed by atoms with Gasteiger partial charge in [-0.25, -0.2) is 4.98 Å². The maximum absolute atomic E-state index is 9.50. The van der Waals surface area contributed by atoms with E-state index in [0.717, 1.165) is 22.5 Å². The average molecular weight is 240 g/mol. The van der Waals surface area contributed by atoms with E-state index in [1.807, 2.05) is 0 Å². The molecule has 1 aliphatic heterocycles. The number of aliphatic hydroxyl groups excluding tert-OH is 1. The zero-order valence-electron chi connectivity index (χ0n) is 10.2. The van der Waals surface area contributed by atoms with Gasteiger partial charge >= 0.3 is 0 Å². The summed E-state index contributed by atoms with van der Waals surface area (Å²) >= 11 is 1.62. The Morgan fingerprint density at radius 3 is 2.88 bits per heavy atom. The van der Waals surface area contributed by atoms with Crippen LogP contribution in [0.4, 0.5) is 5.13 Å². The Morgan fingerprint density at radius 1 is 1.56 bits per heavy atom. The van der Waals surface area contributed by atoms with E-state index in [-0.39, 0.29) is 0 Å². The highest BCUT2D eigenvalue weighted by atomic mass is 32.1. The smallest absolute Gasteiger partial charge is 0.185 e. The summed E-state index contributed by atoms with van der Waals surface area (Å²) in [6.45, 7) is 7.46. The summed E-state index contributed by atoms with van der Waals surface area (Å²) in [6.07, 6.45) is 3.89. The molecule has 0 amide bonds. The van der Waals surface area contributed by atoms with Gasteiger partial charge in [0, 0.05) is 18.8 Å². The molecule has 0 radical (unpaired) electrons. The largest absolute Gasteiger partial charge is 0.388 e. The van der Waals surface area contributed by atoms with Crippen LogP contribution in [0.1, 0.15) is 44.6 Å². The molecule has 1 aromatic rings. The van der Waals surface area contributed by atoms with E-state index in [9.17, 15) is 5.11 Å². The van der Waals surface area contributed by atoms with Crippen LogP contribution in [0.5, 0.6) is 0 Å². The summed E-state index contributed by atoms with van der Waals surface area (Å²) in [5, 5.41) is 10.6. The fraction of sp³-hybridized carbons (Fsp3) is 0.750. The monoisotopic (exact) mass is 240 g/mol. The Morgan fingerprint density at radius 2 is 2.31 bits per heavy atom. The number of thiazole rings is 1. The molecule has 3 nitrogen and oxygen atoms in total. The van der Waals surface area contributed by atoms with Crippen LogP contribution in [-0.4, -0.2) is 22.7 Å². The first-order valence-electron chi connectivity index (χ1n) is 5.98. The predicted molar refractivity (Wildman–Crippen MR) is 68.0 cm³/mol. The first-order valence-corrected chi connectivity index (χ1v) is 6.80. The van der Waals surface area contributed by atoms with Crippen LogP contribution in [0.15, 0.2) is 6.20 Å². The first-order chi connectivity index (χ1) is 7.58. The van der Waals surface area contributed by atoms with E-state index in [2.05, 4.69) is 23.7 Å². The number of aromatic nitrogens is 1. The quantitative estimate of drug-likeness (QED) is 0.863. The summed E-state index contributed by atoms with van der Waals surface area (Å²) in [5.74, 6) is 0.822. The lowest BCUT2D eigenvalue weighted by Crippen LogP contribution is -2.40. The predicted octanol–water partition coefficient (Wildman–Crippen LogP) is 2.82. The fourth-order valence-corrected chi connectivity index (χ4v) is 3.28. The highest BCUT2D eigenvalue weighted by molar-refractivity contribution is 7.15. The second-order valence-corrected chi connectivity index (χ2v) is 5.93. The highest BCUT2D eigenvalue weighted by Crippen LogP contribution is 2.32. The molecule has 1 fully saturated rings. The van der Waals surface area contributed by atoms with Gasteiger partial charge in [0.2, 0.25) is 0 Å². The molecule has 16 heavy (non-hydrogen) atoms. The van der Waals surface area contributed by atoms with Crippen LogP contribution >= 0.6 is 11.3 Å². The third-order valence-corrected chi connectivity index (χ3v) is 4.51. The molecule has 2 heterocycles. The van der Waals surface area contributed by atoms with Crippen molar-refractivity contribution in [3.8, 4) is 0 Å². The molecular formula is C12H20N2OS. The van der Waals surface area contributed by atoms with Crippen LogP contribution < -0.4 is 4.90 Å². The second kappa shape index (κ2) is 4.72. The van der Waals surface area contributed by atoms with Crippen molar-refractivity contribution in [1.29, 1.82) is 0 Å². The average Bonchev–Trinajstić information content (AvgIpc) is 2.66. The summed E-state index contributed by atoms with van der Waals surface area (Å²) in [4.78, 5) is 7.75. The van der Waals surface area contributed by atoms with Crippen LogP contribution in [0.2, 0.25) is 0 Å². The van der Waals surface area contributed by atoms with Crippen molar-refractivity contribution in [3.05, 3.63) is 11.1 Å². The van der Waals surface area contributed by atoms with Crippen molar-refractivity contribution in [2.24, 2.45) is 5.92 Å². The Kier molecular flexibility index (Phi) is 3.50. The number of hydrogen-bond donors (Lipinski definition) is 1. The van der Waals surface area contributed by atoms with Crippen LogP contribution in [0.3, 0.4) is 0 Å². The van der Waals surface area contributed by atoms with Gasteiger partial charge in [-0.2, -0.15) is 0 Å². The standard InChI is InChI=1S/C12H20N2OS/c1-8-4-5-14(9(2)6-8)12-13-7-11(16-12)10(3)15/h7-10,15H,4-6H2,1-3H3. The molecule has 1 aromatic heterocycles.